The molecule has 0 atom stereocenters. The highest BCUT2D eigenvalue weighted by Gasteiger charge is 2.14. The van der Waals surface area contributed by atoms with Gasteiger partial charge in [-0.15, -0.1) is 0 Å². The van der Waals surface area contributed by atoms with Gasteiger partial charge in [0.25, 0.3) is 0 Å². The number of hydrogen-bond acceptors (Lipinski definition) is 6. The molecule has 21 heavy (non-hydrogen) atoms. The molecule has 2 aromatic rings. The summed E-state index contributed by atoms with van der Waals surface area (Å²) in [6.07, 6.45) is 3.77. The summed E-state index contributed by atoms with van der Waals surface area (Å²) in [5.41, 5.74) is 6.83. The normalized spacial score (nSPS) is 11.2. The Balaban J connectivity index is 2.39. The zero-order valence-electron chi connectivity index (χ0n) is 11.8. The van der Waals surface area contributed by atoms with Crippen LogP contribution in [0.2, 0.25) is 0 Å². The van der Waals surface area contributed by atoms with Gasteiger partial charge in [-0.25, -0.2) is 9.97 Å². The zero-order chi connectivity index (χ0) is 15.2. The first-order valence-corrected chi connectivity index (χ1v) is 6.33. The highest BCUT2D eigenvalue weighted by molar-refractivity contribution is 5.97. The Bertz CT molecular complexity index is 658. The molecule has 0 amide bonds. The Hall–Kier alpha value is -2.83. The van der Waals surface area contributed by atoms with Gasteiger partial charge in [0.2, 0.25) is 5.88 Å². The Morgan fingerprint density at radius 3 is 2.71 bits per heavy atom. The molecule has 0 aliphatic rings. The van der Waals surface area contributed by atoms with Crippen LogP contribution in [0.4, 0.5) is 0 Å². The third-order valence-electron chi connectivity index (χ3n) is 2.86. The molecule has 7 nitrogen and oxygen atoms in total. The van der Waals surface area contributed by atoms with Gasteiger partial charge in [-0.1, -0.05) is 18.1 Å². The summed E-state index contributed by atoms with van der Waals surface area (Å²) in [6.45, 7) is 2.05. The second kappa shape index (κ2) is 6.56. The van der Waals surface area contributed by atoms with E-state index >= 15 is 0 Å². The molecule has 1 aromatic carbocycles. The highest BCUT2D eigenvalue weighted by atomic mass is 16.5. The van der Waals surface area contributed by atoms with Gasteiger partial charge in [0.1, 0.15) is 0 Å². The van der Waals surface area contributed by atoms with Crippen molar-refractivity contribution in [3.05, 3.63) is 41.9 Å². The van der Waals surface area contributed by atoms with Crippen molar-refractivity contribution in [2.45, 2.75) is 13.3 Å². The number of aryl methyl sites for hydroxylation is 1. The van der Waals surface area contributed by atoms with Crippen LogP contribution in [-0.2, 0) is 6.42 Å². The van der Waals surface area contributed by atoms with Gasteiger partial charge in [0.05, 0.1) is 7.11 Å². The van der Waals surface area contributed by atoms with Gasteiger partial charge >= 0.3 is 0 Å². The Labute approximate surface area is 122 Å². The molecule has 0 spiro atoms. The largest absolute Gasteiger partial charge is 0.493 e. The zero-order valence-corrected chi connectivity index (χ0v) is 11.8. The quantitative estimate of drug-likeness (QED) is 0.377. The fourth-order valence-electron chi connectivity index (χ4n) is 1.74. The summed E-state index contributed by atoms with van der Waals surface area (Å²) >= 11 is 0. The number of rotatable bonds is 5. The van der Waals surface area contributed by atoms with Crippen LogP contribution in [0.3, 0.4) is 0 Å². The number of ether oxygens (including phenoxy) is 2. The average molecular weight is 288 g/mol. The topological polar surface area (TPSA) is 103 Å². The van der Waals surface area contributed by atoms with Gasteiger partial charge in [0, 0.05) is 12.4 Å². The van der Waals surface area contributed by atoms with Crippen LogP contribution in [0.15, 0.2) is 35.7 Å². The third-order valence-corrected chi connectivity index (χ3v) is 2.86. The summed E-state index contributed by atoms with van der Waals surface area (Å²) in [6, 6.07) is 5.59. The van der Waals surface area contributed by atoms with Gasteiger partial charge in [0.15, 0.2) is 23.0 Å². The van der Waals surface area contributed by atoms with Crippen LogP contribution < -0.4 is 15.2 Å². The molecule has 0 radical (unpaired) electrons. The van der Waals surface area contributed by atoms with Crippen molar-refractivity contribution in [2.75, 3.05) is 7.11 Å². The molecule has 0 fully saturated rings. The minimum absolute atomic E-state index is 0.135. The third kappa shape index (κ3) is 3.19. The number of nitrogens with zero attached hydrogens (tertiary/aromatic N) is 3. The number of oxime groups is 1. The maximum Gasteiger partial charge on any atom is 0.249 e. The molecule has 0 saturated carbocycles. The van der Waals surface area contributed by atoms with E-state index in [2.05, 4.69) is 22.0 Å². The van der Waals surface area contributed by atoms with Gasteiger partial charge in [-0.05, 0) is 24.1 Å². The fourth-order valence-corrected chi connectivity index (χ4v) is 1.74. The van der Waals surface area contributed by atoms with E-state index in [0.717, 1.165) is 12.0 Å². The van der Waals surface area contributed by atoms with Crippen molar-refractivity contribution in [2.24, 2.45) is 10.9 Å². The highest BCUT2D eigenvalue weighted by Crippen LogP contribution is 2.32. The van der Waals surface area contributed by atoms with Crippen LogP contribution in [0.1, 0.15) is 18.2 Å². The molecule has 3 N–H and O–H groups in total. The number of hydrogen-bond donors (Lipinski definition) is 2. The van der Waals surface area contributed by atoms with Gasteiger partial charge < -0.3 is 20.4 Å². The van der Waals surface area contributed by atoms with Crippen molar-refractivity contribution in [3.63, 3.8) is 0 Å². The second-order valence-corrected chi connectivity index (χ2v) is 4.14. The van der Waals surface area contributed by atoms with E-state index in [1.165, 1.54) is 12.4 Å². The van der Waals surface area contributed by atoms with Crippen LogP contribution in [0.5, 0.6) is 17.4 Å². The van der Waals surface area contributed by atoms with Gasteiger partial charge in [-0.2, -0.15) is 0 Å². The maximum atomic E-state index is 8.76. The Morgan fingerprint density at radius 2 is 2.05 bits per heavy atom. The predicted molar refractivity (Wildman–Crippen MR) is 77.0 cm³/mol. The van der Waals surface area contributed by atoms with E-state index in [4.69, 9.17) is 20.4 Å². The second-order valence-electron chi connectivity index (χ2n) is 4.14. The molecular formula is C14H16N4O3. The summed E-state index contributed by atoms with van der Waals surface area (Å²) < 4.78 is 11.0. The molecule has 0 aliphatic heterocycles. The van der Waals surface area contributed by atoms with Crippen LogP contribution in [0.25, 0.3) is 0 Å². The van der Waals surface area contributed by atoms with E-state index in [0.29, 0.717) is 11.5 Å². The predicted octanol–water partition coefficient (Wildman–Crippen LogP) is 1.93. The fraction of sp³-hybridized carbons (Fsp3) is 0.214. The number of amidine groups is 1. The van der Waals surface area contributed by atoms with Crippen molar-refractivity contribution < 1.29 is 14.7 Å². The minimum atomic E-state index is -0.178. The molecule has 0 saturated heterocycles. The van der Waals surface area contributed by atoms with Crippen molar-refractivity contribution in [1.82, 2.24) is 9.97 Å². The maximum absolute atomic E-state index is 8.76. The lowest BCUT2D eigenvalue weighted by Gasteiger charge is -2.12. The summed E-state index contributed by atoms with van der Waals surface area (Å²) in [5.74, 6) is 1.00. The van der Waals surface area contributed by atoms with Crippen molar-refractivity contribution >= 4 is 5.84 Å². The smallest absolute Gasteiger partial charge is 0.249 e. The molecule has 110 valence electrons. The van der Waals surface area contributed by atoms with Crippen molar-refractivity contribution in [1.29, 1.82) is 0 Å². The van der Waals surface area contributed by atoms with Gasteiger partial charge in [-0.3, -0.25) is 0 Å². The molecule has 0 aliphatic carbocycles. The molecule has 7 heteroatoms. The summed E-state index contributed by atoms with van der Waals surface area (Å²) in [7, 11) is 1.56. The standard InChI is InChI=1S/C14H16N4O3/c1-3-9-4-5-10(11(8-9)20-2)21-14-12(13(15)18-19)16-6-7-17-14/h4-8,19H,3H2,1-2H3,(H2,15,18). The lowest BCUT2D eigenvalue weighted by molar-refractivity contribution is 0.318. The molecule has 1 aromatic heterocycles. The Morgan fingerprint density at radius 1 is 1.29 bits per heavy atom. The first kappa shape index (κ1) is 14.6. The van der Waals surface area contributed by atoms with Crippen LogP contribution >= 0.6 is 0 Å². The van der Waals surface area contributed by atoms with E-state index in [9.17, 15) is 0 Å². The molecular weight excluding hydrogens is 272 g/mol. The molecule has 0 bridgehead atoms. The lowest BCUT2D eigenvalue weighted by atomic mass is 10.1. The number of benzene rings is 1. The van der Waals surface area contributed by atoms with Crippen LogP contribution in [0, 0.1) is 0 Å². The minimum Gasteiger partial charge on any atom is -0.493 e. The Kier molecular flexibility index (Phi) is 4.55. The molecule has 1 heterocycles. The monoisotopic (exact) mass is 288 g/mol. The van der Waals surface area contributed by atoms with E-state index < -0.39 is 0 Å². The van der Waals surface area contributed by atoms with E-state index in [1.54, 1.807) is 13.2 Å². The first-order chi connectivity index (χ1) is 10.2. The van der Waals surface area contributed by atoms with Crippen molar-refractivity contribution in [3.8, 4) is 17.4 Å². The van der Waals surface area contributed by atoms with Crippen LogP contribution in [-0.4, -0.2) is 28.1 Å². The number of nitrogens with two attached hydrogens (primary N) is 1. The lowest BCUT2D eigenvalue weighted by Crippen LogP contribution is -2.16. The summed E-state index contributed by atoms with van der Waals surface area (Å²) in [4.78, 5) is 8.04. The number of methoxy groups -OCH3 is 1. The number of aromatic nitrogens is 2. The first-order valence-electron chi connectivity index (χ1n) is 6.33. The molecule has 0 unspecified atom stereocenters. The molecule has 2 rings (SSSR count). The van der Waals surface area contributed by atoms with E-state index in [-0.39, 0.29) is 17.4 Å². The SMILES string of the molecule is CCc1ccc(Oc2nccnc2/C(N)=N/O)c(OC)c1. The summed E-state index contributed by atoms with van der Waals surface area (Å²) in [5, 5.41) is 11.7. The average Bonchev–Trinajstić information content (AvgIpc) is 2.55. The van der Waals surface area contributed by atoms with E-state index in [1.807, 2.05) is 12.1 Å².